The summed E-state index contributed by atoms with van der Waals surface area (Å²) >= 11 is 0. The number of nitrogens with zero attached hydrogens (tertiary/aromatic N) is 3. The zero-order chi connectivity index (χ0) is 28.4. The van der Waals surface area contributed by atoms with E-state index in [1.165, 1.54) is 35.0 Å². The number of halogens is 2. The van der Waals surface area contributed by atoms with Gasteiger partial charge in [-0.2, -0.15) is 13.9 Å². The molecule has 0 aliphatic heterocycles. The summed E-state index contributed by atoms with van der Waals surface area (Å²) in [4.78, 5) is 41.9. The Hall–Kier alpha value is -4.87. The number of nitrogens with one attached hydrogen (secondary N) is 2. The van der Waals surface area contributed by atoms with Crippen molar-refractivity contribution in [2.45, 2.75) is 38.8 Å². The van der Waals surface area contributed by atoms with Gasteiger partial charge in [-0.25, -0.2) is 14.3 Å². The molecule has 0 bridgehead atoms. The highest BCUT2D eigenvalue weighted by atomic mass is 19.3. The fourth-order valence-corrected chi connectivity index (χ4v) is 5.01. The zero-order valence-corrected chi connectivity index (χ0v) is 21.4. The molecule has 3 N–H and O–H groups in total. The molecule has 0 fully saturated rings. The molecule has 1 atom stereocenters. The van der Waals surface area contributed by atoms with Gasteiger partial charge in [0.15, 0.2) is 5.65 Å². The maximum Gasteiger partial charge on any atom is 0.387 e. The minimum atomic E-state index is -2.96. The lowest BCUT2D eigenvalue weighted by Crippen LogP contribution is -2.31. The van der Waals surface area contributed by atoms with Gasteiger partial charge in [0.2, 0.25) is 0 Å². The molecule has 0 radical (unpaired) electrons. The molecule has 2 aromatic carbocycles. The van der Waals surface area contributed by atoms with Crippen LogP contribution in [0.3, 0.4) is 0 Å². The van der Waals surface area contributed by atoms with Crippen molar-refractivity contribution in [1.82, 2.24) is 25.2 Å². The average Bonchev–Trinajstić information content (AvgIpc) is 3.57. The minimum Gasteiger partial charge on any atom is -0.478 e. The molecule has 0 spiro atoms. The molecule has 2 amide bonds. The summed E-state index contributed by atoms with van der Waals surface area (Å²) in [5, 5.41) is 19.1. The van der Waals surface area contributed by atoms with Gasteiger partial charge in [0.05, 0.1) is 11.8 Å². The van der Waals surface area contributed by atoms with E-state index in [4.69, 9.17) is 0 Å². The number of carbonyl (C=O) groups is 3. The summed E-state index contributed by atoms with van der Waals surface area (Å²) in [6.45, 7) is -0.814. The number of alkyl halides is 2. The topological polar surface area (TPSA) is 135 Å². The van der Waals surface area contributed by atoms with Crippen molar-refractivity contribution < 1.29 is 33.0 Å². The van der Waals surface area contributed by atoms with Crippen molar-refractivity contribution in [3.05, 3.63) is 93.9 Å². The third-order valence-electron chi connectivity index (χ3n) is 6.96. The standard InChI is InChI=1S/C28H25F2N5O5/c1-15-19-6-5-17(21(19)8-7-20(15)27(38)39)14-32-26(37)23-12-22(34-24-9-10-33-35(23)24)25(36)31-13-16-3-2-4-18(11-16)40-28(29)30/h2-4,7-12,17,28H,5-6,13-14H2,1H3,(H,31,36)(H,32,37)(H,38,39)/t17-/m1/s1. The van der Waals surface area contributed by atoms with Gasteiger partial charge in [0, 0.05) is 31.1 Å². The Balaban J connectivity index is 1.29. The Morgan fingerprint density at radius 1 is 1.12 bits per heavy atom. The van der Waals surface area contributed by atoms with Crippen LogP contribution in [0.25, 0.3) is 5.65 Å². The normalized spacial score (nSPS) is 14.2. The number of aromatic nitrogens is 3. The summed E-state index contributed by atoms with van der Waals surface area (Å²) in [5.74, 6) is -1.99. The fourth-order valence-electron chi connectivity index (χ4n) is 5.01. The van der Waals surface area contributed by atoms with Gasteiger partial charge in [0.25, 0.3) is 11.8 Å². The van der Waals surface area contributed by atoms with Crippen LogP contribution in [-0.2, 0) is 13.0 Å². The number of ether oxygens (including phenoxy) is 1. The summed E-state index contributed by atoms with van der Waals surface area (Å²) in [6, 6.07) is 12.3. The van der Waals surface area contributed by atoms with Crippen LogP contribution in [0.15, 0.2) is 54.7 Å². The molecule has 4 aromatic rings. The van der Waals surface area contributed by atoms with Gasteiger partial charge in [-0.1, -0.05) is 18.2 Å². The van der Waals surface area contributed by atoms with Crippen LogP contribution in [0.4, 0.5) is 8.78 Å². The minimum absolute atomic E-state index is 0.0128. The van der Waals surface area contributed by atoms with Gasteiger partial charge < -0.3 is 20.5 Å². The molecule has 0 unspecified atom stereocenters. The van der Waals surface area contributed by atoms with Crippen LogP contribution in [0, 0.1) is 6.92 Å². The SMILES string of the molecule is Cc1c(C(=O)O)ccc2c1CC[C@@H]2CNC(=O)c1cc(C(=O)NCc2cccc(OC(F)F)c2)nc2ccnn12. The van der Waals surface area contributed by atoms with E-state index >= 15 is 0 Å². The summed E-state index contributed by atoms with van der Waals surface area (Å²) < 4.78 is 30.7. The second kappa shape index (κ2) is 11.1. The smallest absolute Gasteiger partial charge is 0.387 e. The molecular weight excluding hydrogens is 524 g/mol. The predicted molar refractivity (Wildman–Crippen MR) is 139 cm³/mol. The van der Waals surface area contributed by atoms with Gasteiger partial charge >= 0.3 is 12.6 Å². The average molecular weight is 550 g/mol. The zero-order valence-electron chi connectivity index (χ0n) is 21.4. The van der Waals surface area contributed by atoms with E-state index in [2.05, 4.69) is 25.5 Å². The van der Waals surface area contributed by atoms with Crippen LogP contribution in [0.5, 0.6) is 5.75 Å². The molecule has 10 nitrogen and oxygen atoms in total. The Bertz CT molecular complexity index is 1620. The van der Waals surface area contributed by atoms with Crippen LogP contribution >= 0.6 is 0 Å². The maximum absolute atomic E-state index is 13.2. The number of aromatic carboxylic acids is 1. The van der Waals surface area contributed by atoms with Crippen LogP contribution in [0.1, 0.15) is 65.9 Å². The third kappa shape index (κ3) is 5.46. The monoisotopic (exact) mass is 549 g/mol. The molecule has 1 aliphatic rings. The molecule has 0 saturated heterocycles. The Labute approximate surface area is 227 Å². The molecule has 2 aromatic heterocycles. The van der Waals surface area contributed by atoms with Crippen LogP contribution in [0.2, 0.25) is 0 Å². The Kier molecular flexibility index (Phi) is 7.41. The van der Waals surface area contributed by atoms with E-state index in [0.29, 0.717) is 17.8 Å². The summed E-state index contributed by atoms with van der Waals surface area (Å²) in [6.07, 6.45) is 2.96. The van der Waals surface area contributed by atoms with E-state index < -0.39 is 24.4 Å². The van der Waals surface area contributed by atoms with Gasteiger partial charge in [-0.05, 0) is 60.2 Å². The molecule has 40 heavy (non-hydrogen) atoms. The van der Waals surface area contributed by atoms with E-state index in [1.54, 1.807) is 25.1 Å². The molecule has 12 heteroatoms. The van der Waals surface area contributed by atoms with Crippen molar-refractivity contribution in [3.8, 4) is 5.75 Å². The maximum atomic E-state index is 13.2. The van der Waals surface area contributed by atoms with Crippen molar-refractivity contribution in [2.24, 2.45) is 0 Å². The summed E-state index contributed by atoms with van der Waals surface area (Å²) in [7, 11) is 0. The van der Waals surface area contributed by atoms with Gasteiger partial charge in [-0.3, -0.25) is 9.59 Å². The lowest BCUT2D eigenvalue weighted by molar-refractivity contribution is -0.0499. The molecule has 5 rings (SSSR count). The lowest BCUT2D eigenvalue weighted by Gasteiger charge is -2.15. The van der Waals surface area contributed by atoms with Crippen molar-refractivity contribution in [2.75, 3.05) is 6.54 Å². The number of hydrogen-bond acceptors (Lipinski definition) is 6. The summed E-state index contributed by atoms with van der Waals surface area (Å²) in [5.41, 5.74) is 3.99. The van der Waals surface area contributed by atoms with E-state index in [-0.39, 0.29) is 35.2 Å². The number of carbonyl (C=O) groups excluding carboxylic acids is 2. The van der Waals surface area contributed by atoms with E-state index in [0.717, 1.165) is 29.5 Å². The first kappa shape index (κ1) is 26.7. The number of amides is 2. The first-order chi connectivity index (χ1) is 19.2. The van der Waals surface area contributed by atoms with Gasteiger partial charge in [-0.15, -0.1) is 0 Å². The molecule has 206 valence electrons. The molecule has 2 heterocycles. The van der Waals surface area contributed by atoms with Crippen LogP contribution in [-0.4, -0.2) is 50.6 Å². The second-order valence-corrected chi connectivity index (χ2v) is 9.39. The highest BCUT2D eigenvalue weighted by Gasteiger charge is 2.27. The van der Waals surface area contributed by atoms with Crippen molar-refractivity contribution in [3.63, 3.8) is 0 Å². The second-order valence-electron chi connectivity index (χ2n) is 9.39. The van der Waals surface area contributed by atoms with Crippen LogP contribution < -0.4 is 15.4 Å². The van der Waals surface area contributed by atoms with E-state index in [1.807, 2.05) is 6.07 Å². The van der Waals surface area contributed by atoms with E-state index in [9.17, 15) is 28.3 Å². The van der Waals surface area contributed by atoms with Crippen molar-refractivity contribution in [1.29, 1.82) is 0 Å². The number of fused-ring (bicyclic) bond motifs is 2. The number of hydrogen-bond donors (Lipinski definition) is 3. The Morgan fingerprint density at radius 3 is 2.73 bits per heavy atom. The lowest BCUT2D eigenvalue weighted by atomic mass is 9.95. The first-order valence-electron chi connectivity index (χ1n) is 12.5. The molecule has 0 saturated carbocycles. The highest BCUT2D eigenvalue weighted by Crippen LogP contribution is 2.36. The molecular formula is C28H25F2N5O5. The molecule has 1 aliphatic carbocycles. The fraction of sp³-hybridized carbons (Fsp3) is 0.250. The number of carboxylic acids is 1. The number of rotatable bonds is 9. The quantitative estimate of drug-likeness (QED) is 0.290. The number of benzene rings is 2. The Morgan fingerprint density at radius 2 is 1.95 bits per heavy atom. The first-order valence-corrected chi connectivity index (χ1v) is 12.5. The number of carboxylic acid groups (broad SMARTS) is 1. The van der Waals surface area contributed by atoms with Gasteiger partial charge in [0.1, 0.15) is 17.1 Å². The van der Waals surface area contributed by atoms with Crippen molar-refractivity contribution >= 4 is 23.4 Å². The largest absolute Gasteiger partial charge is 0.478 e. The predicted octanol–water partition coefficient (Wildman–Crippen LogP) is 3.73. The third-order valence-corrected chi connectivity index (χ3v) is 6.96. The highest BCUT2D eigenvalue weighted by molar-refractivity contribution is 5.98.